The zero-order chi connectivity index (χ0) is 27.1. The number of aromatic nitrogens is 4. The van der Waals surface area contributed by atoms with Gasteiger partial charge in [0.15, 0.2) is 0 Å². The molecule has 0 aliphatic carbocycles. The van der Waals surface area contributed by atoms with Crippen molar-refractivity contribution in [2.75, 3.05) is 7.11 Å². The molecule has 7 rings (SSSR count). The molecule has 2 aliphatic rings. The Labute approximate surface area is 242 Å². The summed E-state index contributed by atoms with van der Waals surface area (Å²) in [6.45, 7) is 1.25. The van der Waals surface area contributed by atoms with Crippen molar-refractivity contribution in [3.63, 3.8) is 0 Å². The molecule has 0 amide bonds. The number of allylic oxidation sites excluding steroid dienone is 2. The molecule has 0 unspecified atom stereocenters. The molecule has 0 radical (unpaired) electrons. The molecule has 6 nitrogen and oxygen atoms in total. The van der Waals surface area contributed by atoms with E-state index in [9.17, 15) is 4.39 Å². The standard InChI is InChI=1S/C32H26FIN5O/c1-40-26-11-12-30-27(14-26)28-15-34-37(18-23-9-5-6-10-29(23)33)19-24(28)13-31-32(35-21-39(30)31)25-16-36-38(20-25)17-22-7-3-2-4-8-22/h2-12,14-16,19-21H,13,17-18H2,1H3/q-1. The zero-order valence-electron chi connectivity index (χ0n) is 21.8. The molecule has 200 valence electrons. The van der Waals surface area contributed by atoms with E-state index in [0.29, 0.717) is 25.1 Å². The van der Waals surface area contributed by atoms with Crippen molar-refractivity contribution in [2.24, 2.45) is 0 Å². The third kappa shape index (κ3) is 4.62. The molecule has 3 aromatic carbocycles. The number of rotatable bonds is 6. The topological polar surface area (TPSA) is 48.1 Å². The van der Waals surface area contributed by atoms with E-state index >= 15 is 0 Å². The summed E-state index contributed by atoms with van der Waals surface area (Å²) in [4.78, 5) is 4.88. The van der Waals surface area contributed by atoms with E-state index in [-0.39, 0.29) is 5.82 Å². The van der Waals surface area contributed by atoms with Crippen LogP contribution in [0.15, 0.2) is 107 Å². The summed E-state index contributed by atoms with van der Waals surface area (Å²) >= 11 is -0.476. The van der Waals surface area contributed by atoms with Crippen LogP contribution in [0.25, 0.3) is 22.5 Å². The molecule has 0 N–H and O–H groups in total. The first kappa shape index (κ1) is 24.8. The van der Waals surface area contributed by atoms with Crippen LogP contribution in [0.1, 0.15) is 22.4 Å². The molecule has 8 heteroatoms. The van der Waals surface area contributed by atoms with Gasteiger partial charge in [-0.15, -0.1) is 0 Å². The monoisotopic (exact) mass is 642 g/mol. The number of benzene rings is 3. The minimum absolute atomic E-state index is 0.163. The summed E-state index contributed by atoms with van der Waals surface area (Å²) < 4.78 is 28.9. The van der Waals surface area contributed by atoms with Crippen LogP contribution in [-0.4, -0.2) is 29.6 Å². The average molecular weight is 642 g/mol. The Hall–Kier alpha value is -4.18. The summed E-state index contributed by atoms with van der Waals surface area (Å²) in [7, 11) is 1.70. The summed E-state index contributed by atoms with van der Waals surface area (Å²) in [6.07, 6.45) is 8.80. The summed E-state index contributed by atoms with van der Waals surface area (Å²) in [6, 6.07) is 23.6. The fourth-order valence-corrected chi connectivity index (χ4v) is 7.71. The molecule has 0 saturated heterocycles. The van der Waals surface area contributed by atoms with Crippen LogP contribution in [0, 0.1) is 5.82 Å². The van der Waals surface area contributed by atoms with Crippen LogP contribution in [0.5, 0.6) is 5.75 Å². The van der Waals surface area contributed by atoms with E-state index < -0.39 is 21.5 Å². The van der Waals surface area contributed by atoms with Crippen LogP contribution in [0.4, 0.5) is 4.39 Å². The van der Waals surface area contributed by atoms with E-state index in [1.165, 1.54) is 22.8 Å². The Bertz CT molecular complexity index is 1770. The Morgan fingerprint density at radius 1 is 1.00 bits per heavy atom. The van der Waals surface area contributed by atoms with Crippen molar-refractivity contribution in [3.05, 3.63) is 136 Å². The minimum atomic E-state index is -0.476. The van der Waals surface area contributed by atoms with E-state index in [0.717, 1.165) is 34.0 Å². The Morgan fingerprint density at radius 2 is 1.85 bits per heavy atom. The zero-order valence-corrected chi connectivity index (χ0v) is 24.0. The van der Waals surface area contributed by atoms with Gasteiger partial charge < -0.3 is 0 Å². The van der Waals surface area contributed by atoms with Crippen molar-refractivity contribution >= 4 is 5.57 Å². The van der Waals surface area contributed by atoms with Gasteiger partial charge in [-0.05, 0) is 0 Å². The predicted octanol–water partition coefficient (Wildman–Crippen LogP) is 3.23. The van der Waals surface area contributed by atoms with Gasteiger partial charge in [-0.25, -0.2) is 0 Å². The fraction of sp³-hybridized carbons (Fsp3) is 0.125. The fourth-order valence-electron chi connectivity index (χ4n) is 5.27. The van der Waals surface area contributed by atoms with Crippen LogP contribution in [0.3, 0.4) is 0 Å². The number of nitrogens with zero attached hydrogens (tertiary/aromatic N) is 5. The SMILES string of the molecule is COc1ccc2c(c1)C1=C[I-]N(Cc3ccccc3F)C=C1Cc1c(-c3cnn(Cc4ccccc4)c3)ncn1-2. The van der Waals surface area contributed by atoms with Crippen LogP contribution < -0.4 is 26.2 Å². The molecular weight excluding hydrogens is 616 g/mol. The molecule has 2 aliphatic heterocycles. The number of imidazole rings is 1. The maximum absolute atomic E-state index is 14.5. The number of hydrogen-bond acceptors (Lipinski definition) is 4. The predicted molar refractivity (Wildman–Crippen MR) is 149 cm³/mol. The van der Waals surface area contributed by atoms with Crippen molar-refractivity contribution in [2.45, 2.75) is 19.5 Å². The van der Waals surface area contributed by atoms with Crippen molar-refractivity contribution in [1.29, 1.82) is 0 Å². The van der Waals surface area contributed by atoms with E-state index in [1.807, 2.05) is 53.6 Å². The van der Waals surface area contributed by atoms with Gasteiger partial charge in [-0.1, -0.05) is 18.2 Å². The molecule has 5 aromatic rings. The van der Waals surface area contributed by atoms with Gasteiger partial charge in [-0.3, -0.25) is 0 Å². The summed E-state index contributed by atoms with van der Waals surface area (Å²) in [5.74, 6) is 0.653. The van der Waals surface area contributed by atoms with Gasteiger partial charge in [0, 0.05) is 0 Å². The first-order valence-electron chi connectivity index (χ1n) is 13.0. The first-order valence-corrected chi connectivity index (χ1v) is 15.2. The molecule has 4 heterocycles. The van der Waals surface area contributed by atoms with Crippen molar-refractivity contribution in [1.82, 2.24) is 22.4 Å². The van der Waals surface area contributed by atoms with Crippen LogP contribution in [0.2, 0.25) is 0 Å². The molecule has 0 atom stereocenters. The van der Waals surface area contributed by atoms with Crippen molar-refractivity contribution < 1.29 is 30.6 Å². The molecule has 2 aromatic heterocycles. The molecule has 0 fully saturated rings. The van der Waals surface area contributed by atoms with E-state index in [2.05, 4.69) is 53.5 Å². The second kappa shape index (κ2) is 10.4. The maximum atomic E-state index is 14.5. The number of methoxy groups -OCH3 is 1. The van der Waals surface area contributed by atoms with Crippen molar-refractivity contribution in [3.8, 4) is 22.7 Å². The van der Waals surface area contributed by atoms with Crippen LogP contribution >= 0.6 is 0 Å². The number of halogens is 2. The Balaban J connectivity index is 1.29. The Kier molecular flexibility index (Phi) is 6.47. The second-order valence-corrected chi connectivity index (χ2v) is 12.2. The molecular formula is C32H26FIN5O-. The van der Waals surface area contributed by atoms with Gasteiger partial charge >= 0.3 is 225 Å². The van der Waals surface area contributed by atoms with Crippen LogP contribution in [-0.2, 0) is 19.5 Å². The van der Waals surface area contributed by atoms with Gasteiger partial charge in [0.25, 0.3) is 0 Å². The van der Waals surface area contributed by atoms with Gasteiger partial charge in [0.2, 0.25) is 0 Å². The summed E-state index contributed by atoms with van der Waals surface area (Å²) in [5, 5.41) is 4.64. The second-order valence-electron chi connectivity index (χ2n) is 9.81. The third-order valence-corrected chi connectivity index (χ3v) is 9.51. The number of fused-ring (bicyclic) bond motifs is 5. The van der Waals surface area contributed by atoms with Gasteiger partial charge in [0.05, 0.1) is 0 Å². The number of ether oxygens (including phenoxy) is 1. The molecule has 0 bridgehead atoms. The Morgan fingerprint density at radius 3 is 2.70 bits per heavy atom. The quantitative estimate of drug-likeness (QED) is 0.211. The summed E-state index contributed by atoms with van der Waals surface area (Å²) in [5.41, 5.74) is 9.53. The molecule has 0 spiro atoms. The third-order valence-electron chi connectivity index (χ3n) is 7.28. The number of hydrogen-bond donors (Lipinski definition) is 0. The normalized spacial score (nSPS) is 14.2. The van der Waals surface area contributed by atoms with Gasteiger partial charge in [0.1, 0.15) is 0 Å². The van der Waals surface area contributed by atoms with Gasteiger partial charge in [-0.2, -0.15) is 0 Å². The first-order chi connectivity index (χ1) is 19.7. The molecule has 40 heavy (non-hydrogen) atoms. The van der Waals surface area contributed by atoms with E-state index in [1.54, 1.807) is 13.2 Å². The van der Waals surface area contributed by atoms with E-state index in [4.69, 9.17) is 9.72 Å². The average Bonchev–Trinajstić information content (AvgIpc) is 3.58. The molecule has 0 saturated carbocycles.